The molecule has 0 spiro atoms. The van der Waals surface area contributed by atoms with E-state index >= 15 is 0 Å². The van der Waals surface area contributed by atoms with E-state index in [2.05, 4.69) is 26.7 Å². The van der Waals surface area contributed by atoms with Gasteiger partial charge in [0.15, 0.2) is 11.5 Å². The number of likely N-dealkylation sites (N-methyl/N-ethyl adjacent to an activating group) is 1. The maximum Gasteiger partial charge on any atom is 0.162 e. The third-order valence-electron chi connectivity index (χ3n) is 4.24. The summed E-state index contributed by atoms with van der Waals surface area (Å²) in [5, 5.41) is 1.00. The molecule has 1 aliphatic heterocycles. The van der Waals surface area contributed by atoms with Crippen LogP contribution < -0.4 is 14.4 Å². The second-order valence-corrected chi connectivity index (χ2v) is 5.34. The zero-order chi connectivity index (χ0) is 15.5. The van der Waals surface area contributed by atoms with Crippen LogP contribution in [0.3, 0.4) is 0 Å². The van der Waals surface area contributed by atoms with E-state index in [1.54, 1.807) is 20.5 Å². The van der Waals surface area contributed by atoms with E-state index in [1.807, 2.05) is 12.1 Å². The number of hydrogen-bond donors (Lipinski definition) is 0. The number of anilines is 1. The van der Waals surface area contributed by atoms with Crippen molar-refractivity contribution in [3.63, 3.8) is 0 Å². The Morgan fingerprint density at radius 1 is 1.00 bits per heavy atom. The standard InChI is InChI=1S/C16H22N4O2/c1-4-19-5-7-20(8-6-19)16-12-9-14(21-2)15(22-3)10-13(12)17-11-18-16/h9-11H,4-8H2,1-3H3. The van der Waals surface area contributed by atoms with Gasteiger partial charge in [0, 0.05) is 37.6 Å². The van der Waals surface area contributed by atoms with E-state index in [0.29, 0.717) is 11.5 Å². The molecule has 22 heavy (non-hydrogen) atoms. The maximum absolute atomic E-state index is 5.41. The van der Waals surface area contributed by atoms with Crippen molar-refractivity contribution in [1.29, 1.82) is 0 Å². The molecule has 0 unspecified atom stereocenters. The van der Waals surface area contributed by atoms with Crippen LogP contribution in [0.15, 0.2) is 18.5 Å². The Kier molecular flexibility index (Phi) is 4.29. The number of methoxy groups -OCH3 is 2. The SMILES string of the molecule is CCN1CCN(c2ncnc3cc(OC)c(OC)cc23)CC1. The van der Waals surface area contributed by atoms with Gasteiger partial charge in [-0.3, -0.25) is 0 Å². The van der Waals surface area contributed by atoms with Gasteiger partial charge in [-0.25, -0.2) is 9.97 Å². The maximum atomic E-state index is 5.41. The number of fused-ring (bicyclic) bond motifs is 1. The molecule has 0 atom stereocenters. The van der Waals surface area contributed by atoms with Crippen molar-refractivity contribution < 1.29 is 9.47 Å². The first kappa shape index (κ1) is 14.8. The second-order valence-electron chi connectivity index (χ2n) is 5.34. The highest BCUT2D eigenvalue weighted by atomic mass is 16.5. The Labute approximate surface area is 130 Å². The monoisotopic (exact) mass is 302 g/mol. The molecule has 2 heterocycles. The number of ether oxygens (including phenoxy) is 2. The van der Waals surface area contributed by atoms with Crippen LogP contribution in [0.5, 0.6) is 11.5 Å². The number of nitrogens with zero attached hydrogens (tertiary/aromatic N) is 4. The normalized spacial score (nSPS) is 16.0. The first-order valence-corrected chi connectivity index (χ1v) is 7.60. The lowest BCUT2D eigenvalue weighted by Crippen LogP contribution is -2.46. The Balaban J connectivity index is 1.99. The summed E-state index contributed by atoms with van der Waals surface area (Å²) in [5.74, 6) is 2.37. The van der Waals surface area contributed by atoms with Crippen LogP contribution in [-0.4, -0.2) is 61.8 Å². The van der Waals surface area contributed by atoms with Gasteiger partial charge < -0.3 is 19.3 Å². The van der Waals surface area contributed by atoms with Gasteiger partial charge in [-0.05, 0) is 12.6 Å². The Morgan fingerprint density at radius 3 is 2.32 bits per heavy atom. The molecule has 0 amide bonds. The first-order chi connectivity index (χ1) is 10.8. The molecule has 6 heteroatoms. The molecule has 3 rings (SSSR count). The average molecular weight is 302 g/mol. The van der Waals surface area contributed by atoms with Crippen molar-refractivity contribution in [3.8, 4) is 11.5 Å². The Morgan fingerprint density at radius 2 is 1.68 bits per heavy atom. The lowest BCUT2D eigenvalue weighted by atomic mass is 10.2. The van der Waals surface area contributed by atoms with Gasteiger partial charge in [-0.2, -0.15) is 0 Å². The molecule has 1 saturated heterocycles. The van der Waals surface area contributed by atoms with Crippen LogP contribution in [0.2, 0.25) is 0 Å². The lowest BCUT2D eigenvalue weighted by molar-refractivity contribution is 0.271. The molecule has 1 aliphatic rings. The van der Waals surface area contributed by atoms with Crippen LogP contribution in [-0.2, 0) is 0 Å². The summed E-state index contributed by atoms with van der Waals surface area (Å²) in [4.78, 5) is 13.6. The first-order valence-electron chi connectivity index (χ1n) is 7.60. The minimum atomic E-state index is 0.690. The number of benzene rings is 1. The molecule has 1 aromatic carbocycles. The van der Waals surface area contributed by atoms with Crippen LogP contribution in [0.25, 0.3) is 10.9 Å². The molecule has 1 fully saturated rings. The number of aromatic nitrogens is 2. The third kappa shape index (κ3) is 2.66. The van der Waals surface area contributed by atoms with Crippen LogP contribution in [0, 0.1) is 0 Å². The van der Waals surface area contributed by atoms with Gasteiger partial charge in [-0.15, -0.1) is 0 Å². The second kappa shape index (κ2) is 6.36. The van der Waals surface area contributed by atoms with Crippen LogP contribution in [0.1, 0.15) is 6.92 Å². The van der Waals surface area contributed by atoms with E-state index in [-0.39, 0.29) is 0 Å². The summed E-state index contributed by atoms with van der Waals surface area (Å²) < 4.78 is 10.8. The van der Waals surface area contributed by atoms with Gasteiger partial charge >= 0.3 is 0 Å². The molecule has 6 nitrogen and oxygen atoms in total. The fourth-order valence-corrected chi connectivity index (χ4v) is 2.90. The van der Waals surface area contributed by atoms with E-state index in [9.17, 15) is 0 Å². The van der Waals surface area contributed by atoms with E-state index in [1.165, 1.54) is 0 Å². The Hall–Kier alpha value is -2.08. The van der Waals surface area contributed by atoms with Crippen molar-refractivity contribution in [1.82, 2.24) is 14.9 Å². The Bertz CT molecular complexity index is 654. The van der Waals surface area contributed by atoms with Crippen LogP contribution in [0.4, 0.5) is 5.82 Å². The molecule has 0 bridgehead atoms. The smallest absolute Gasteiger partial charge is 0.162 e. The summed E-state index contributed by atoms with van der Waals surface area (Å²) in [7, 11) is 3.28. The predicted octanol–water partition coefficient (Wildman–Crippen LogP) is 1.79. The van der Waals surface area contributed by atoms with Gasteiger partial charge in [0.1, 0.15) is 12.1 Å². The molecular formula is C16H22N4O2. The van der Waals surface area contributed by atoms with Crippen molar-refractivity contribution in [2.24, 2.45) is 0 Å². The summed E-state index contributed by atoms with van der Waals surface area (Å²) in [6.07, 6.45) is 1.62. The summed E-state index contributed by atoms with van der Waals surface area (Å²) in [6, 6.07) is 3.87. The van der Waals surface area contributed by atoms with Crippen molar-refractivity contribution in [2.75, 3.05) is 51.8 Å². The topological polar surface area (TPSA) is 50.7 Å². The molecule has 0 saturated carbocycles. The van der Waals surface area contributed by atoms with Crippen molar-refractivity contribution >= 4 is 16.7 Å². The minimum absolute atomic E-state index is 0.690. The molecular weight excluding hydrogens is 280 g/mol. The van der Waals surface area contributed by atoms with Crippen LogP contribution >= 0.6 is 0 Å². The van der Waals surface area contributed by atoms with E-state index in [0.717, 1.165) is 49.4 Å². The highest BCUT2D eigenvalue weighted by Gasteiger charge is 2.20. The number of piperazine rings is 1. The molecule has 0 N–H and O–H groups in total. The zero-order valence-electron chi connectivity index (χ0n) is 13.4. The van der Waals surface area contributed by atoms with E-state index < -0.39 is 0 Å². The van der Waals surface area contributed by atoms with Crippen molar-refractivity contribution in [3.05, 3.63) is 18.5 Å². The third-order valence-corrected chi connectivity index (χ3v) is 4.24. The molecule has 0 aliphatic carbocycles. The van der Waals surface area contributed by atoms with Gasteiger partial charge in [0.2, 0.25) is 0 Å². The minimum Gasteiger partial charge on any atom is -0.493 e. The number of rotatable bonds is 4. The average Bonchev–Trinajstić information content (AvgIpc) is 2.60. The molecule has 118 valence electrons. The highest BCUT2D eigenvalue weighted by Crippen LogP contribution is 2.34. The number of hydrogen-bond acceptors (Lipinski definition) is 6. The zero-order valence-corrected chi connectivity index (χ0v) is 13.4. The van der Waals surface area contributed by atoms with Gasteiger partial charge in [0.05, 0.1) is 19.7 Å². The van der Waals surface area contributed by atoms with Crippen molar-refractivity contribution in [2.45, 2.75) is 6.92 Å². The quantitative estimate of drug-likeness (QED) is 0.858. The summed E-state index contributed by atoms with van der Waals surface area (Å²) in [6.45, 7) is 7.39. The molecule has 1 aromatic heterocycles. The summed E-state index contributed by atoms with van der Waals surface area (Å²) in [5.41, 5.74) is 0.876. The molecule has 0 radical (unpaired) electrons. The van der Waals surface area contributed by atoms with Gasteiger partial charge in [-0.1, -0.05) is 6.92 Å². The fourth-order valence-electron chi connectivity index (χ4n) is 2.90. The van der Waals surface area contributed by atoms with E-state index in [4.69, 9.17) is 9.47 Å². The largest absolute Gasteiger partial charge is 0.493 e. The highest BCUT2D eigenvalue weighted by molar-refractivity contribution is 5.92. The summed E-state index contributed by atoms with van der Waals surface area (Å²) >= 11 is 0. The molecule has 2 aromatic rings. The lowest BCUT2D eigenvalue weighted by Gasteiger charge is -2.35. The fraction of sp³-hybridized carbons (Fsp3) is 0.500. The van der Waals surface area contributed by atoms with Gasteiger partial charge in [0.25, 0.3) is 0 Å². The predicted molar refractivity (Wildman–Crippen MR) is 87.0 cm³/mol.